The first kappa shape index (κ1) is 25.3. The number of rotatable bonds is 6. The van der Waals surface area contributed by atoms with Crippen LogP contribution in [0.3, 0.4) is 0 Å². The van der Waals surface area contributed by atoms with Gasteiger partial charge >= 0.3 is 0 Å². The highest BCUT2D eigenvalue weighted by molar-refractivity contribution is 7.93. The molecule has 0 saturated heterocycles. The number of phenolic OH excluding ortho intramolecular Hbond substituents is 2. The van der Waals surface area contributed by atoms with Gasteiger partial charge in [-0.3, -0.25) is 9.36 Å². The summed E-state index contributed by atoms with van der Waals surface area (Å²) in [6, 6.07) is 17.0. The number of aromatic nitrogens is 2. The number of aromatic hydroxyl groups is 4. The predicted octanol–water partition coefficient (Wildman–Crippen LogP) is 5.14. The summed E-state index contributed by atoms with van der Waals surface area (Å²) in [4.78, 5) is 17.7. The number of halogens is 1. The van der Waals surface area contributed by atoms with Gasteiger partial charge in [-0.05, 0) is 54.6 Å². The van der Waals surface area contributed by atoms with Crippen LogP contribution in [-0.4, -0.2) is 44.2 Å². The molecule has 2 aromatic heterocycles. The van der Waals surface area contributed by atoms with Crippen molar-refractivity contribution in [1.82, 2.24) is 9.55 Å². The minimum Gasteiger partial charge on any atom is -0.508 e. The summed E-state index contributed by atoms with van der Waals surface area (Å²) >= 11 is 6.83. The zero-order valence-electron chi connectivity index (χ0n) is 19.1. The fourth-order valence-corrected chi connectivity index (χ4v) is 6.56. The van der Waals surface area contributed by atoms with Crippen molar-refractivity contribution in [2.24, 2.45) is 0 Å². The lowest BCUT2D eigenvalue weighted by Crippen LogP contribution is -2.04. The Morgan fingerprint density at radius 1 is 0.921 bits per heavy atom. The smallest absolute Gasteiger partial charge is 0.242 e. The van der Waals surface area contributed by atoms with Crippen molar-refractivity contribution in [3.05, 3.63) is 95.1 Å². The number of nitrogens with zero attached hydrogens (tertiary/aromatic N) is 2. The van der Waals surface area contributed by atoms with Crippen molar-refractivity contribution in [3.8, 4) is 39.5 Å². The number of benzene rings is 3. The third-order valence-electron chi connectivity index (χ3n) is 5.68. The normalized spacial score (nSPS) is 11.5. The summed E-state index contributed by atoms with van der Waals surface area (Å²) in [6.45, 7) is 0. The van der Waals surface area contributed by atoms with Gasteiger partial charge in [-0.2, -0.15) is 0 Å². The van der Waals surface area contributed by atoms with E-state index in [1.165, 1.54) is 54.6 Å². The van der Waals surface area contributed by atoms with Gasteiger partial charge in [0.1, 0.15) is 15.7 Å². The number of hydrogen-bond donors (Lipinski definition) is 4. The summed E-state index contributed by atoms with van der Waals surface area (Å²) in [5, 5.41) is 41.3. The molecule has 0 saturated carbocycles. The van der Waals surface area contributed by atoms with E-state index in [9.17, 15) is 33.6 Å². The monoisotopic (exact) mass is 568 g/mol. The van der Waals surface area contributed by atoms with Crippen LogP contribution in [0, 0.1) is 0 Å². The molecular weight excluding hydrogens is 552 g/mol. The van der Waals surface area contributed by atoms with Gasteiger partial charge in [-0.1, -0.05) is 41.1 Å². The van der Waals surface area contributed by atoms with Crippen LogP contribution < -0.4 is 0 Å². The van der Waals surface area contributed by atoms with E-state index in [0.717, 1.165) is 10.8 Å². The molecule has 0 atom stereocenters. The zero-order valence-corrected chi connectivity index (χ0v) is 21.5. The van der Waals surface area contributed by atoms with Crippen molar-refractivity contribution in [2.45, 2.75) is 9.10 Å². The second-order valence-corrected chi connectivity index (χ2v) is 11.6. The second-order valence-electron chi connectivity index (χ2n) is 8.05. The van der Waals surface area contributed by atoms with E-state index in [1.54, 1.807) is 18.2 Å². The molecule has 0 bridgehead atoms. The van der Waals surface area contributed by atoms with Crippen molar-refractivity contribution < 1.29 is 33.6 Å². The molecule has 0 amide bonds. The molecule has 12 heteroatoms. The SMILES string of the molecule is O=C(c1ccc(O)cc1)c1c(O)c(O)n(-c2ncc(S(=O)(=O)c3ccccc3)s2)c1-c1ccc(O)c(Cl)c1. The number of carbonyl (C=O) groups excluding carboxylic acids is 1. The maximum Gasteiger partial charge on any atom is 0.242 e. The molecule has 0 fully saturated rings. The van der Waals surface area contributed by atoms with Gasteiger partial charge in [-0.15, -0.1) is 0 Å². The molecule has 9 nitrogen and oxygen atoms in total. The maximum absolute atomic E-state index is 13.5. The Morgan fingerprint density at radius 3 is 2.26 bits per heavy atom. The topological polar surface area (TPSA) is 150 Å². The molecule has 3 aromatic carbocycles. The Kier molecular flexibility index (Phi) is 6.35. The average molecular weight is 569 g/mol. The van der Waals surface area contributed by atoms with Crippen molar-refractivity contribution >= 4 is 38.6 Å². The van der Waals surface area contributed by atoms with Gasteiger partial charge in [0.2, 0.25) is 15.7 Å². The molecule has 0 aliphatic heterocycles. The van der Waals surface area contributed by atoms with Crippen molar-refractivity contribution in [1.29, 1.82) is 0 Å². The highest BCUT2D eigenvalue weighted by Gasteiger charge is 2.32. The van der Waals surface area contributed by atoms with Crippen LogP contribution in [0.25, 0.3) is 16.4 Å². The van der Waals surface area contributed by atoms with Crippen molar-refractivity contribution in [2.75, 3.05) is 0 Å². The molecule has 0 aliphatic rings. The number of phenols is 2. The average Bonchev–Trinajstić information content (AvgIpc) is 3.50. The summed E-state index contributed by atoms with van der Waals surface area (Å²) in [5.41, 5.74) is -0.0587. The number of hydrogen-bond acceptors (Lipinski definition) is 9. The third-order valence-corrected chi connectivity index (χ3v) is 9.20. The first-order valence-corrected chi connectivity index (χ1v) is 13.5. The number of thiazole rings is 1. The molecule has 0 unspecified atom stereocenters. The molecule has 2 heterocycles. The first-order chi connectivity index (χ1) is 18.1. The van der Waals surface area contributed by atoms with E-state index in [4.69, 9.17) is 11.6 Å². The van der Waals surface area contributed by atoms with E-state index in [-0.39, 0.29) is 53.1 Å². The second kappa shape index (κ2) is 9.53. The maximum atomic E-state index is 13.5. The Morgan fingerprint density at radius 2 is 1.61 bits per heavy atom. The van der Waals surface area contributed by atoms with Crippen LogP contribution in [0.15, 0.2) is 88.1 Å². The van der Waals surface area contributed by atoms with Crippen LogP contribution in [-0.2, 0) is 9.84 Å². The van der Waals surface area contributed by atoms with Gasteiger partial charge in [0, 0.05) is 11.1 Å². The molecule has 5 aromatic rings. The van der Waals surface area contributed by atoms with Crippen molar-refractivity contribution in [3.63, 3.8) is 0 Å². The zero-order chi connectivity index (χ0) is 27.2. The summed E-state index contributed by atoms with van der Waals surface area (Å²) in [6.07, 6.45) is 1.12. The lowest BCUT2D eigenvalue weighted by atomic mass is 9.99. The first-order valence-electron chi connectivity index (χ1n) is 10.8. The highest BCUT2D eigenvalue weighted by atomic mass is 35.5. The van der Waals surface area contributed by atoms with Crippen LogP contribution in [0.2, 0.25) is 5.02 Å². The third kappa shape index (κ3) is 4.26. The predicted molar refractivity (Wildman–Crippen MR) is 140 cm³/mol. The molecule has 192 valence electrons. The van der Waals surface area contributed by atoms with Crippen LogP contribution in [0.5, 0.6) is 23.1 Å². The fourth-order valence-electron chi connectivity index (χ4n) is 3.83. The number of carbonyl (C=O) groups is 1. The molecular formula is C26H17ClN2O7S2. The Bertz CT molecular complexity index is 1800. The minimum absolute atomic E-state index is 0.0435. The molecule has 4 N–H and O–H groups in total. The summed E-state index contributed by atoms with van der Waals surface area (Å²) in [7, 11) is -3.94. The molecule has 5 rings (SSSR count). The summed E-state index contributed by atoms with van der Waals surface area (Å²) < 4.78 is 27.2. The van der Waals surface area contributed by atoms with Gasteiger partial charge in [0.15, 0.2) is 16.7 Å². The molecule has 0 radical (unpaired) electrons. The van der Waals surface area contributed by atoms with E-state index < -0.39 is 27.2 Å². The Balaban J connectivity index is 1.74. The Labute approximate surface area is 225 Å². The van der Waals surface area contributed by atoms with Gasteiger partial charge in [0.05, 0.1) is 27.4 Å². The van der Waals surface area contributed by atoms with Crippen LogP contribution in [0.4, 0.5) is 0 Å². The lowest BCUT2D eigenvalue weighted by molar-refractivity contribution is 0.103. The van der Waals surface area contributed by atoms with E-state index >= 15 is 0 Å². The highest BCUT2D eigenvalue weighted by Crippen LogP contribution is 2.46. The largest absolute Gasteiger partial charge is 0.508 e. The van der Waals surface area contributed by atoms with Crippen LogP contribution >= 0.6 is 22.9 Å². The molecule has 0 aliphatic carbocycles. The summed E-state index contributed by atoms with van der Waals surface area (Å²) in [5.74, 6) is -2.55. The number of ketones is 1. The quantitative estimate of drug-likeness (QED) is 0.206. The Hall–Kier alpha value is -4.32. The van der Waals surface area contributed by atoms with E-state index in [1.807, 2.05) is 0 Å². The molecule has 0 spiro atoms. The lowest BCUT2D eigenvalue weighted by Gasteiger charge is -2.10. The fraction of sp³-hybridized carbons (Fsp3) is 0. The molecule has 38 heavy (non-hydrogen) atoms. The van der Waals surface area contributed by atoms with Crippen LogP contribution in [0.1, 0.15) is 15.9 Å². The van der Waals surface area contributed by atoms with Gasteiger partial charge in [0.25, 0.3) is 0 Å². The number of sulfone groups is 1. The standard InChI is InChI=1S/C26H17ClN2O7S2/c27-18-12-15(8-11-19(18)31)22-21(23(32)14-6-9-16(30)10-7-14)24(33)25(34)29(22)26-28-13-20(37-26)38(35,36)17-4-2-1-3-5-17/h1-13,30-31,33-34H. The van der Waals surface area contributed by atoms with E-state index in [0.29, 0.717) is 11.3 Å². The van der Waals surface area contributed by atoms with E-state index in [2.05, 4.69) is 4.98 Å². The van der Waals surface area contributed by atoms with Gasteiger partial charge < -0.3 is 20.4 Å². The van der Waals surface area contributed by atoms with Gasteiger partial charge in [-0.25, -0.2) is 13.4 Å². The minimum atomic E-state index is -3.94.